The first-order chi connectivity index (χ1) is 6.51. The molecule has 1 aliphatic heterocycles. The molecule has 1 fully saturated rings. The molecule has 1 aliphatic rings. The van der Waals surface area contributed by atoms with Crippen LogP contribution in [0, 0.1) is 5.92 Å². The third-order valence-electron chi connectivity index (χ3n) is 2.65. The molecule has 0 radical (unpaired) electrons. The lowest BCUT2D eigenvalue weighted by Crippen LogP contribution is -2.48. The van der Waals surface area contributed by atoms with Gasteiger partial charge in [-0.2, -0.15) is 0 Å². The van der Waals surface area contributed by atoms with Crippen LogP contribution in [0.1, 0.15) is 20.3 Å². The van der Waals surface area contributed by atoms with Gasteiger partial charge in [0.15, 0.2) is 0 Å². The molecule has 4 heteroatoms. The van der Waals surface area contributed by atoms with Crippen LogP contribution in [0.25, 0.3) is 0 Å². The van der Waals surface area contributed by atoms with Gasteiger partial charge in [-0.05, 0) is 19.8 Å². The van der Waals surface area contributed by atoms with Crippen molar-refractivity contribution >= 4 is 21.8 Å². The second-order valence-electron chi connectivity index (χ2n) is 4.47. The van der Waals surface area contributed by atoms with Crippen LogP contribution in [0.4, 0.5) is 0 Å². The molecule has 0 N–H and O–H groups in total. The van der Waals surface area contributed by atoms with Gasteiger partial charge in [-0.15, -0.1) is 0 Å². The maximum absolute atomic E-state index is 11.7. The second-order valence-corrected chi connectivity index (χ2v) is 5.12. The highest BCUT2D eigenvalue weighted by Crippen LogP contribution is 2.27. The zero-order valence-corrected chi connectivity index (χ0v) is 10.6. The molecule has 0 aliphatic carbocycles. The SMILES string of the molecule is COCC(C)(C)N1CC(CBr)CC1=O. The van der Waals surface area contributed by atoms with Gasteiger partial charge in [0, 0.05) is 25.4 Å². The topological polar surface area (TPSA) is 29.5 Å². The summed E-state index contributed by atoms with van der Waals surface area (Å²) in [4.78, 5) is 13.6. The maximum Gasteiger partial charge on any atom is 0.223 e. The van der Waals surface area contributed by atoms with E-state index >= 15 is 0 Å². The molecule has 1 amide bonds. The molecular formula is C10H18BrNO2. The number of likely N-dealkylation sites (tertiary alicyclic amines) is 1. The van der Waals surface area contributed by atoms with Gasteiger partial charge in [0.2, 0.25) is 5.91 Å². The summed E-state index contributed by atoms with van der Waals surface area (Å²) in [7, 11) is 1.67. The molecule has 0 saturated carbocycles. The van der Waals surface area contributed by atoms with E-state index in [1.807, 2.05) is 18.7 Å². The largest absolute Gasteiger partial charge is 0.382 e. The Morgan fingerprint density at radius 1 is 1.64 bits per heavy atom. The van der Waals surface area contributed by atoms with Crippen LogP contribution in [-0.2, 0) is 9.53 Å². The zero-order valence-electron chi connectivity index (χ0n) is 9.05. The molecule has 1 atom stereocenters. The number of halogens is 1. The van der Waals surface area contributed by atoms with Gasteiger partial charge in [0.1, 0.15) is 0 Å². The van der Waals surface area contributed by atoms with Crippen molar-refractivity contribution in [2.75, 3.05) is 25.6 Å². The van der Waals surface area contributed by atoms with Gasteiger partial charge in [0.25, 0.3) is 0 Å². The molecule has 0 aromatic rings. The Hall–Kier alpha value is -0.0900. The van der Waals surface area contributed by atoms with E-state index in [-0.39, 0.29) is 11.4 Å². The third-order valence-corrected chi connectivity index (χ3v) is 3.57. The molecule has 0 spiro atoms. The summed E-state index contributed by atoms with van der Waals surface area (Å²) in [5.41, 5.74) is -0.178. The molecule has 1 saturated heterocycles. The summed E-state index contributed by atoms with van der Waals surface area (Å²) in [6.45, 7) is 5.53. The number of ether oxygens (including phenoxy) is 1. The predicted octanol–water partition coefficient (Wildman–Crippen LogP) is 1.65. The predicted molar refractivity (Wildman–Crippen MR) is 59.6 cm³/mol. The molecular weight excluding hydrogens is 246 g/mol. The van der Waals surface area contributed by atoms with Crippen molar-refractivity contribution in [1.29, 1.82) is 0 Å². The van der Waals surface area contributed by atoms with Crippen LogP contribution in [-0.4, -0.2) is 41.9 Å². The Labute approximate surface area is 93.9 Å². The Morgan fingerprint density at radius 3 is 2.71 bits per heavy atom. The van der Waals surface area contributed by atoms with E-state index in [1.54, 1.807) is 7.11 Å². The monoisotopic (exact) mass is 263 g/mol. The minimum absolute atomic E-state index is 0.178. The van der Waals surface area contributed by atoms with Gasteiger partial charge < -0.3 is 9.64 Å². The van der Waals surface area contributed by atoms with Crippen LogP contribution in [0.3, 0.4) is 0 Å². The quantitative estimate of drug-likeness (QED) is 0.723. The molecule has 1 unspecified atom stereocenters. The Bertz CT molecular complexity index is 218. The fourth-order valence-corrected chi connectivity index (χ4v) is 2.33. The number of amides is 1. The number of rotatable bonds is 4. The summed E-state index contributed by atoms with van der Waals surface area (Å²) < 4.78 is 5.13. The standard InChI is InChI=1S/C10H18BrNO2/c1-10(2,7-14-3)12-6-8(5-11)4-9(12)13/h8H,4-7H2,1-3H3. The molecule has 14 heavy (non-hydrogen) atoms. The molecule has 0 aromatic heterocycles. The number of methoxy groups -OCH3 is 1. The summed E-state index contributed by atoms with van der Waals surface area (Å²) in [6.07, 6.45) is 0.665. The van der Waals surface area contributed by atoms with Crippen molar-refractivity contribution in [3.8, 4) is 0 Å². The molecule has 1 rings (SSSR count). The normalized spacial score (nSPS) is 23.3. The van der Waals surface area contributed by atoms with Crippen molar-refractivity contribution in [2.24, 2.45) is 5.92 Å². The number of nitrogens with zero attached hydrogens (tertiary/aromatic N) is 1. The van der Waals surface area contributed by atoms with E-state index in [0.29, 0.717) is 18.9 Å². The first-order valence-corrected chi connectivity index (χ1v) is 5.99. The fraction of sp³-hybridized carbons (Fsp3) is 0.900. The maximum atomic E-state index is 11.7. The average molecular weight is 264 g/mol. The van der Waals surface area contributed by atoms with Crippen LogP contribution in [0.5, 0.6) is 0 Å². The summed E-state index contributed by atoms with van der Waals surface area (Å²) in [5, 5.41) is 0.901. The lowest BCUT2D eigenvalue weighted by atomic mass is 10.1. The minimum atomic E-state index is -0.178. The molecule has 0 aromatic carbocycles. The Morgan fingerprint density at radius 2 is 2.29 bits per heavy atom. The van der Waals surface area contributed by atoms with E-state index in [4.69, 9.17) is 4.74 Å². The van der Waals surface area contributed by atoms with E-state index in [1.165, 1.54) is 0 Å². The first-order valence-electron chi connectivity index (χ1n) is 4.86. The number of alkyl halides is 1. The Kier molecular flexibility index (Phi) is 3.95. The lowest BCUT2D eigenvalue weighted by molar-refractivity contribution is -0.133. The summed E-state index contributed by atoms with van der Waals surface area (Å²) in [5.74, 6) is 0.704. The number of hydrogen-bond acceptors (Lipinski definition) is 2. The molecule has 1 heterocycles. The van der Waals surface area contributed by atoms with Gasteiger partial charge in [0.05, 0.1) is 12.1 Å². The molecule has 82 valence electrons. The Balaban J connectivity index is 2.64. The van der Waals surface area contributed by atoms with E-state index in [2.05, 4.69) is 15.9 Å². The summed E-state index contributed by atoms with van der Waals surface area (Å²) in [6, 6.07) is 0. The van der Waals surface area contributed by atoms with Gasteiger partial charge in [-0.1, -0.05) is 15.9 Å². The average Bonchev–Trinajstić information content (AvgIpc) is 2.47. The van der Waals surface area contributed by atoms with Crippen molar-refractivity contribution in [3.63, 3.8) is 0 Å². The van der Waals surface area contributed by atoms with E-state index < -0.39 is 0 Å². The van der Waals surface area contributed by atoms with Crippen LogP contribution in [0.2, 0.25) is 0 Å². The van der Waals surface area contributed by atoms with Gasteiger partial charge in [-0.25, -0.2) is 0 Å². The van der Waals surface area contributed by atoms with E-state index in [0.717, 1.165) is 11.9 Å². The molecule has 3 nitrogen and oxygen atoms in total. The zero-order chi connectivity index (χ0) is 10.8. The van der Waals surface area contributed by atoms with Crippen molar-refractivity contribution in [1.82, 2.24) is 4.90 Å². The van der Waals surface area contributed by atoms with Crippen molar-refractivity contribution < 1.29 is 9.53 Å². The van der Waals surface area contributed by atoms with E-state index in [9.17, 15) is 4.79 Å². The highest BCUT2D eigenvalue weighted by Gasteiger charge is 2.38. The number of hydrogen-bond donors (Lipinski definition) is 0. The minimum Gasteiger partial charge on any atom is -0.382 e. The highest BCUT2D eigenvalue weighted by molar-refractivity contribution is 9.09. The fourth-order valence-electron chi connectivity index (χ4n) is 1.90. The smallest absolute Gasteiger partial charge is 0.223 e. The van der Waals surface area contributed by atoms with Gasteiger partial charge >= 0.3 is 0 Å². The molecule has 0 bridgehead atoms. The van der Waals surface area contributed by atoms with Crippen LogP contribution >= 0.6 is 15.9 Å². The highest BCUT2D eigenvalue weighted by atomic mass is 79.9. The lowest BCUT2D eigenvalue weighted by Gasteiger charge is -2.35. The first kappa shape index (κ1) is 12.0. The van der Waals surface area contributed by atoms with Crippen molar-refractivity contribution in [3.05, 3.63) is 0 Å². The second kappa shape index (κ2) is 4.62. The number of carbonyl (C=O) groups is 1. The number of carbonyl (C=O) groups excluding carboxylic acids is 1. The third kappa shape index (κ3) is 2.48. The van der Waals surface area contributed by atoms with Crippen LogP contribution in [0.15, 0.2) is 0 Å². The van der Waals surface area contributed by atoms with Crippen LogP contribution < -0.4 is 0 Å². The van der Waals surface area contributed by atoms with Gasteiger partial charge in [-0.3, -0.25) is 4.79 Å². The summed E-state index contributed by atoms with van der Waals surface area (Å²) >= 11 is 3.43. The van der Waals surface area contributed by atoms with Crippen molar-refractivity contribution in [2.45, 2.75) is 25.8 Å².